The van der Waals surface area contributed by atoms with Gasteiger partial charge in [0.2, 0.25) is 0 Å². The van der Waals surface area contributed by atoms with Gasteiger partial charge in [-0.15, -0.1) is 0 Å². The minimum atomic E-state index is -0.799. The second kappa shape index (κ2) is 13.8. The quantitative estimate of drug-likeness (QED) is 0.232. The fourth-order valence-electron chi connectivity index (χ4n) is 4.74. The van der Waals surface area contributed by atoms with E-state index in [2.05, 4.69) is 26.6 Å². The van der Waals surface area contributed by atoms with E-state index in [0.717, 1.165) is 40.7 Å². The Morgan fingerprint density at radius 2 is 1.60 bits per heavy atom. The van der Waals surface area contributed by atoms with Crippen LogP contribution in [-0.4, -0.2) is 57.4 Å². The first-order valence-electron chi connectivity index (χ1n) is 13.0. The molecule has 0 atom stereocenters. The number of alkyl halides is 1. The van der Waals surface area contributed by atoms with Gasteiger partial charge in [-0.1, -0.05) is 97.4 Å². The van der Waals surface area contributed by atoms with Gasteiger partial charge in [0.15, 0.2) is 5.82 Å². The molecule has 1 N–H and O–H groups in total. The number of rotatable bonds is 10. The van der Waals surface area contributed by atoms with Crippen LogP contribution in [0.15, 0.2) is 93.0 Å². The molecule has 5 aromatic rings. The summed E-state index contributed by atoms with van der Waals surface area (Å²) in [7, 11) is 0. The Hall–Kier alpha value is -3.33. The molecule has 5 rings (SSSR count). The molecular formula is C31H29CaFN4O3. The monoisotopic (exact) mass is 564 g/mol. The van der Waals surface area contributed by atoms with E-state index in [1.165, 1.54) is 4.57 Å². The van der Waals surface area contributed by atoms with Crippen molar-refractivity contribution < 1.29 is 8.91 Å². The zero-order valence-corrected chi connectivity index (χ0v) is 24.6. The standard InChI is InChI=1S/C31H29FN4O3.Ca/c1-2-3-13-27-26(30(37)36(28(19-32)33-27)20-22-9-5-4-6-10-22)18-21-14-16-23(17-15-21)24-11-7-8-12-25(24)29-34-31(38)39-35-29;/h4-12,14-17H,2-3,13,18-20H2,1H3,(H,34,35,38);. The normalized spacial score (nSPS) is 10.8. The number of hydrogen-bond donors (Lipinski definition) is 1. The first kappa shape index (κ1) is 29.6. The molecule has 0 saturated heterocycles. The molecule has 9 heteroatoms. The van der Waals surface area contributed by atoms with Crippen LogP contribution in [0.5, 0.6) is 0 Å². The maximum absolute atomic E-state index is 14.0. The van der Waals surface area contributed by atoms with Gasteiger partial charge in [-0.2, -0.15) is 0 Å². The molecule has 0 aliphatic carbocycles. The smallest absolute Gasteiger partial charge is 0.296 e. The number of nitrogens with one attached hydrogen (secondary N) is 1. The van der Waals surface area contributed by atoms with Gasteiger partial charge in [-0.3, -0.25) is 18.9 Å². The third-order valence-electron chi connectivity index (χ3n) is 6.77. The van der Waals surface area contributed by atoms with Crippen LogP contribution < -0.4 is 11.3 Å². The Kier molecular flexibility index (Phi) is 10.3. The Labute approximate surface area is 261 Å². The maximum Gasteiger partial charge on any atom is 0.439 e. The molecule has 0 bridgehead atoms. The van der Waals surface area contributed by atoms with Gasteiger partial charge < -0.3 is 0 Å². The van der Waals surface area contributed by atoms with Gasteiger partial charge in [0, 0.05) is 55.3 Å². The number of aryl methyl sites for hydroxylation is 1. The molecule has 3 aromatic carbocycles. The summed E-state index contributed by atoms with van der Waals surface area (Å²) >= 11 is 0. The van der Waals surface area contributed by atoms with E-state index in [-0.39, 0.29) is 55.7 Å². The van der Waals surface area contributed by atoms with E-state index < -0.39 is 12.4 Å². The third kappa shape index (κ3) is 6.69. The van der Waals surface area contributed by atoms with Crippen molar-refractivity contribution in [3.8, 4) is 22.5 Å². The van der Waals surface area contributed by atoms with E-state index in [9.17, 15) is 14.0 Å². The number of halogens is 1. The zero-order chi connectivity index (χ0) is 27.2. The van der Waals surface area contributed by atoms with Gasteiger partial charge in [-0.05, 0) is 35.1 Å². The molecule has 0 spiro atoms. The predicted octanol–water partition coefficient (Wildman–Crippen LogP) is 5.32. The minimum Gasteiger partial charge on any atom is -0.296 e. The molecule has 0 fully saturated rings. The summed E-state index contributed by atoms with van der Waals surface area (Å²) in [6, 6.07) is 25.1. The molecule has 7 nitrogen and oxygen atoms in total. The van der Waals surface area contributed by atoms with E-state index in [1.807, 2.05) is 78.9 Å². The number of aromatic amines is 1. The van der Waals surface area contributed by atoms with Gasteiger partial charge in [0.25, 0.3) is 5.56 Å². The van der Waals surface area contributed by atoms with Crippen LogP contribution >= 0.6 is 0 Å². The van der Waals surface area contributed by atoms with E-state index in [0.29, 0.717) is 29.9 Å². The van der Waals surface area contributed by atoms with Crippen molar-refractivity contribution >= 4 is 37.7 Å². The predicted molar refractivity (Wildman–Crippen MR) is 154 cm³/mol. The zero-order valence-electron chi connectivity index (χ0n) is 22.4. The van der Waals surface area contributed by atoms with Crippen LogP contribution in [0.1, 0.15) is 48.0 Å². The number of H-pyrrole nitrogens is 1. The summed E-state index contributed by atoms with van der Waals surface area (Å²) < 4.78 is 20.2. The second-order valence-electron chi connectivity index (χ2n) is 9.43. The van der Waals surface area contributed by atoms with E-state index in [1.54, 1.807) is 0 Å². The molecule has 2 radical (unpaired) electrons. The minimum absolute atomic E-state index is 0. The summed E-state index contributed by atoms with van der Waals surface area (Å²) in [5.74, 6) is -0.0888. The average Bonchev–Trinajstić information content (AvgIpc) is 3.41. The van der Waals surface area contributed by atoms with Crippen molar-refractivity contribution in [2.24, 2.45) is 0 Å². The number of nitrogens with zero attached hydrogens (tertiary/aromatic N) is 3. The topological polar surface area (TPSA) is 93.8 Å². The third-order valence-corrected chi connectivity index (χ3v) is 6.77. The SMILES string of the molecule is CCCCc1nc(CF)n(Cc2ccccc2)c(=O)c1Cc1ccc(-c2ccccc2-c2noc(=O)[nH]2)cc1.[Ca]. The number of hydrogen-bond acceptors (Lipinski definition) is 5. The van der Waals surface area contributed by atoms with Crippen molar-refractivity contribution in [3.63, 3.8) is 0 Å². The molecule has 40 heavy (non-hydrogen) atoms. The molecule has 0 amide bonds. The van der Waals surface area contributed by atoms with Crippen LogP contribution in [-0.2, 0) is 26.1 Å². The summed E-state index contributed by atoms with van der Waals surface area (Å²) in [5.41, 5.74) is 5.49. The molecule has 0 aliphatic heterocycles. The average molecular weight is 565 g/mol. The molecule has 200 valence electrons. The van der Waals surface area contributed by atoms with Crippen molar-refractivity contribution in [1.82, 2.24) is 19.7 Å². The van der Waals surface area contributed by atoms with Gasteiger partial charge in [-0.25, -0.2) is 14.2 Å². The Morgan fingerprint density at radius 1 is 0.900 bits per heavy atom. The molecule has 0 unspecified atom stereocenters. The van der Waals surface area contributed by atoms with Crippen molar-refractivity contribution in [2.45, 2.75) is 45.8 Å². The molecule has 2 aromatic heterocycles. The van der Waals surface area contributed by atoms with Crippen molar-refractivity contribution in [3.05, 3.63) is 128 Å². The van der Waals surface area contributed by atoms with Crippen LogP contribution in [0.25, 0.3) is 22.5 Å². The molecule has 2 heterocycles. The van der Waals surface area contributed by atoms with Crippen LogP contribution in [0.3, 0.4) is 0 Å². The fourth-order valence-corrected chi connectivity index (χ4v) is 4.74. The van der Waals surface area contributed by atoms with Crippen LogP contribution in [0.2, 0.25) is 0 Å². The largest absolute Gasteiger partial charge is 0.439 e. The van der Waals surface area contributed by atoms with E-state index in [4.69, 9.17) is 0 Å². The molecule has 0 aliphatic rings. The molecule has 0 saturated carbocycles. The van der Waals surface area contributed by atoms with Crippen molar-refractivity contribution in [1.29, 1.82) is 0 Å². The molecular weight excluding hydrogens is 535 g/mol. The van der Waals surface area contributed by atoms with Crippen LogP contribution in [0, 0.1) is 0 Å². The Morgan fingerprint density at radius 3 is 2.25 bits per heavy atom. The summed E-state index contributed by atoms with van der Waals surface area (Å²) in [6.45, 7) is 1.55. The number of unbranched alkanes of at least 4 members (excludes halogenated alkanes) is 1. The van der Waals surface area contributed by atoms with Gasteiger partial charge in [0.05, 0.1) is 12.2 Å². The number of benzene rings is 3. The first-order chi connectivity index (χ1) is 19.1. The summed E-state index contributed by atoms with van der Waals surface area (Å²) in [4.78, 5) is 32.5. The van der Waals surface area contributed by atoms with Gasteiger partial charge >= 0.3 is 5.76 Å². The summed E-state index contributed by atoms with van der Waals surface area (Å²) in [5, 5.41) is 3.83. The Bertz CT molecular complexity index is 1680. The maximum atomic E-state index is 14.0. The second-order valence-corrected chi connectivity index (χ2v) is 9.43. The Balaban J connectivity index is 0.00000370. The van der Waals surface area contributed by atoms with E-state index >= 15 is 0 Å². The fraction of sp³-hybridized carbons (Fsp3) is 0.226. The van der Waals surface area contributed by atoms with Crippen molar-refractivity contribution in [2.75, 3.05) is 0 Å². The summed E-state index contributed by atoms with van der Waals surface area (Å²) in [6.07, 6.45) is 2.84. The van der Waals surface area contributed by atoms with Gasteiger partial charge in [0.1, 0.15) is 12.5 Å². The number of aromatic nitrogens is 4. The van der Waals surface area contributed by atoms with Crippen LogP contribution in [0.4, 0.5) is 4.39 Å². The first-order valence-corrected chi connectivity index (χ1v) is 13.0.